The molecule has 0 fully saturated rings. The topological polar surface area (TPSA) is 41.1 Å². The Kier molecular flexibility index (Phi) is 5.05. The summed E-state index contributed by atoms with van der Waals surface area (Å²) < 4.78 is 12.8. The van der Waals surface area contributed by atoms with Gasteiger partial charge in [-0.1, -0.05) is 24.6 Å². The maximum absolute atomic E-state index is 12.8. The molecule has 16 heavy (non-hydrogen) atoms. The molecule has 0 aliphatic rings. The minimum absolute atomic E-state index is 0.0632. The lowest BCUT2D eigenvalue weighted by Gasteiger charge is -2.07. The summed E-state index contributed by atoms with van der Waals surface area (Å²) in [5, 5.41) is 5.38. The molecule has 0 atom stereocenters. The molecule has 1 aromatic carbocycles. The van der Waals surface area contributed by atoms with Crippen LogP contribution in [0.5, 0.6) is 0 Å². The van der Waals surface area contributed by atoms with Crippen molar-refractivity contribution >= 4 is 17.6 Å². The molecule has 0 heterocycles. The number of urea groups is 1. The lowest BCUT2D eigenvalue weighted by Crippen LogP contribution is -2.35. The van der Waals surface area contributed by atoms with E-state index in [0.29, 0.717) is 13.1 Å². The summed E-state index contributed by atoms with van der Waals surface area (Å²) in [6, 6.07) is 4.13. The Labute approximate surface area is 99.0 Å². The van der Waals surface area contributed by atoms with Crippen molar-refractivity contribution in [1.29, 1.82) is 0 Å². The third-order valence-corrected chi connectivity index (χ3v) is 2.26. The molecular weight excluding hydrogens is 231 g/mol. The molecule has 5 heteroatoms. The van der Waals surface area contributed by atoms with Gasteiger partial charge in [0.25, 0.3) is 0 Å². The zero-order valence-corrected chi connectivity index (χ0v) is 9.77. The van der Waals surface area contributed by atoms with E-state index in [2.05, 4.69) is 10.6 Å². The lowest BCUT2D eigenvalue weighted by atomic mass is 10.2. The van der Waals surface area contributed by atoms with Crippen LogP contribution in [0, 0.1) is 5.82 Å². The molecule has 2 amide bonds. The van der Waals surface area contributed by atoms with Gasteiger partial charge in [-0.25, -0.2) is 9.18 Å². The molecule has 0 spiro atoms. The molecule has 0 aliphatic carbocycles. The number of hydrogen-bond donors (Lipinski definition) is 2. The maximum Gasteiger partial charge on any atom is 0.315 e. The summed E-state index contributed by atoms with van der Waals surface area (Å²) >= 11 is 5.61. The van der Waals surface area contributed by atoms with E-state index >= 15 is 0 Å². The lowest BCUT2D eigenvalue weighted by molar-refractivity contribution is 0.240. The number of amides is 2. The van der Waals surface area contributed by atoms with Crippen molar-refractivity contribution in [2.45, 2.75) is 19.9 Å². The number of rotatable bonds is 4. The first kappa shape index (κ1) is 12.8. The number of nitrogens with one attached hydrogen (secondary N) is 2. The van der Waals surface area contributed by atoms with Gasteiger partial charge in [0.2, 0.25) is 0 Å². The van der Waals surface area contributed by atoms with Crippen molar-refractivity contribution in [3.63, 3.8) is 0 Å². The minimum Gasteiger partial charge on any atom is -0.338 e. The molecule has 3 nitrogen and oxygen atoms in total. The van der Waals surface area contributed by atoms with E-state index in [1.54, 1.807) is 6.07 Å². The molecule has 0 saturated heterocycles. The van der Waals surface area contributed by atoms with Crippen LogP contribution >= 0.6 is 11.6 Å². The Hall–Kier alpha value is -1.29. The highest BCUT2D eigenvalue weighted by atomic mass is 35.5. The summed E-state index contributed by atoms with van der Waals surface area (Å²) in [5.74, 6) is -0.458. The molecular formula is C11H14ClFN2O. The summed E-state index contributed by atoms with van der Waals surface area (Å²) in [6.45, 7) is 2.94. The second kappa shape index (κ2) is 6.33. The molecule has 0 saturated carbocycles. The van der Waals surface area contributed by atoms with Crippen molar-refractivity contribution in [2.24, 2.45) is 0 Å². The first-order chi connectivity index (χ1) is 7.63. The highest BCUT2D eigenvalue weighted by Gasteiger charge is 2.02. The van der Waals surface area contributed by atoms with Gasteiger partial charge in [0.1, 0.15) is 5.82 Å². The van der Waals surface area contributed by atoms with E-state index in [1.165, 1.54) is 12.1 Å². The molecule has 1 rings (SSSR count). The van der Waals surface area contributed by atoms with Gasteiger partial charge in [0, 0.05) is 13.1 Å². The smallest absolute Gasteiger partial charge is 0.315 e. The zero-order chi connectivity index (χ0) is 12.0. The summed E-state index contributed by atoms with van der Waals surface area (Å²) in [5.41, 5.74) is 0.762. The van der Waals surface area contributed by atoms with Crippen LogP contribution in [0.15, 0.2) is 18.2 Å². The first-order valence-corrected chi connectivity index (χ1v) is 5.47. The van der Waals surface area contributed by atoms with Crippen LogP contribution in [0.1, 0.15) is 18.9 Å². The van der Waals surface area contributed by atoms with Crippen LogP contribution in [0.25, 0.3) is 0 Å². The van der Waals surface area contributed by atoms with Crippen molar-refractivity contribution < 1.29 is 9.18 Å². The standard InChI is InChI=1S/C11H14ClFN2O/c1-2-5-14-11(16)15-7-8-3-4-10(13)9(12)6-8/h3-4,6H,2,5,7H2,1H3,(H2,14,15,16). The Morgan fingerprint density at radius 3 is 2.81 bits per heavy atom. The molecule has 0 aliphatic heterocycles. The Balaban J connectivity index is 2.42. The summed E-state index contributed by atoms with van der Waals surface area (Å²) in [4.78, 5) is 11.2. The highest BCUT2D eigenvalue weighted by molar-refractivity contribution is 6.30. The second-order valence-corrected chi connectivity index (χ2v) is 3.77. The van der Waals surface area contributed by atoms with Gasteiger partial charge >= 0.3 is 6.03 Å². The van der Waals surface area contributed by atoms with E-state index in [1.807, 2.05) is 6.92 Å². The highest BCUT2D eigenvalue weighted by Crippen LogP contribution is 2.15. The Bertz CT molecular complexity index is 371. The number of benzene rings is 1. The normalized spacial score (nSPS) is 9.94. The fourth-order valence-electron chi connectivity index (χ4n) is 1.13. The maximum atomic E-state index is 12.8. The van der Waals surface area contributed by atoms with E-state index in [9.17, 15) is 9.18 Å². The Morgan fingerprint density at radius 2 is 2.19 bits per heavy atom. The zero-order valence-electron chi connectivity index (χ0n) is 9.02. The quantitative estimate of drug-likeness (QED) is 0.840. The van der Waals surface area contributed by atoms with Crippen LogP contribution < -0.4 is 10.6 Å². The second-order valence-electron chi connectivity index (χ2n) is 3.36. The molecule has 0 bridgehead atoms. The molecule has 0 unspecified atom stereocenters. The van der Waals surface area contributed by atoms with Crippen molar-refractivity contribution in [1.82, 2.24) is 10.6 Å². The molecule has 1 aromatic rings. The average molecular weight is 245 g/mol. The average Bonchev–Trinajstić information content (AvgIpc) is 2.28. The van der Waals surface area contributed by atoms with Gasteiger partial charge in [-0.3, -0.25) is 0 Å². The summed E-state index contributed by atoms with van der Waals surface area (Å²) in [6.07, 6.45) is 0.885. The molecule has 0 aromatic heterocycles. The largest absolute Gasteiger partial charge is 0.338 e. The first-order valence-electron chi connectivity index (χ1n) is 5.09. The van der Waals surface area contributed by atoms with Crippen molar-refractivity contribution in [3.05, 3.63) is 34.6 Å². The van der Waals surface area contributed by atoms with Crippen LogP contribution in [-0.4, -0.2) is 12.6 Å². The molecule has 88 valence electrons. The van der Waals surface area contributed by atoms with Crippen LogP contribution in [0.4, 0.5) is 9.18 Å². The third-order valence-electron chi connectivity index (χ3n) is 1.97. The van der Waals surface area contributed by atoms with Gasteiger partial charge < -0.3 is 10.6 Å². The van der Waals surface area contributed by atoms with Gasteiger partial charge in [-0.05, 0) is 24.1 Å². The third kappa shape index (κ3) is 4.06. The number of hydrogen-bond acceptors (Lipinski definition) is 1. The minimum atomic E-state index is -0.458. The van der Waals surface area contributed by atoms with Gasteiger partial charge in [-0.2, -0.15) is 0 Å². The SMILES string of the molecule is CCCNC(=O)NCc1ccc(F)c(Cl)c1. The van der Waals surface area contributed by atoms with E-state index in [0.717, 1.165) is 12.0 Å². The summed E-state index contributed by atoms with van der Waals surface area (Å²) in [7, 11) is 0. The van der Waals surface area contributed by atoms with E-state index in [-0.39, 0.29) is 11.1 Å². The van der Waals surface area contributed by atoms with E-state index < -0.39 is 5.82 Å². The Morgan fingerprint density at radius 1 is 1.44 bits per heavy atom. The van der Waals surface area contributed by atoms with Crippen LogP contribution in [0.3, 0.4) is 0 Å². The fourth-order valence-corrected chi connectivity index (χ4v) is 1.34. The van der Waals surface area contributed by atoms with Crippen molar-refractivity contribution in [2.75, 3.05) is 6.54 Å². The fraction of sp³-hybridized carbons (Fsp3) is 0.364. The number of carbonyl (C=O) groups is 1. The molecule has 0 radical (unpaired) electrons. The number of carbonyl (C=O) groups excluding carboxylic acids is 1. The predicted molar refractivity (Wildman–Crippen MR) is 61.9 cm³/mol. The van der Waals surface area contributed by atoms with Gasteiger partial charge in [-0.15, -0.1) is 0 Å². The number of halogens is 2. The predicted octanol–water partition coefficient (Wildman–Crippen LogP) is 2.69. The van der Waals surface area contributed by atoms with Gasteiger partial charge in [0.05, 0.1) is 5.02 Å². The van der Waals surface area contributed by atoms with Crippen molar-refractivity contribution in [3.8, 4) is 0 Å². The monoisotopic (exact) mass is 244 g/mol. The van der Waals surface area contributed by atoms with E-state index in [4.69, 9.17) is 11.6 Å². The van der Waals surface area contributed by atoms with Crippen LogP contribution in [-0.2, 0) is 6.54 Å². The van der Waals surface area contributed by atoms with Crippen LogP contribution in [0.2, 0.25) is 5.02 Å². The van der Waals surface area contributed by atoms with Gasteiger partial charge in [0.15, 0.2) is 0 Å². The molecule has 2 N–H and O–H groups in total.